The summed E-state index contributed by atoms with van der Waals surface area (Å²) < 4.78 is 12.6. The maximum absolute atomic E-state index is 12.6. The van der Waals surface area contributed by atoms with E-state index in [1.807, 2.05) is 0 Å². The van der Waals surface area contributed by atoms with Crippen LogP contribution in [0.15, 0.2) is 24.3 Å². The van der Waals surface area contributed by atoms with Gasteiger partial charge in [-0.15, -0.1) is 11.3 Å². The van der Waals surface area contributed by atoms with E-state index in [0.29, 0.717) is 5.01 Å². The van der Waals surface area contributed by atoms with Crippen molar-refractivity contribution in [3.63, 3.8) is 0 Å². The second-order valence-electron chi connectivity index (χ2n) is 2.91. The van der Waals surface area contributed by atoms with Gasteiger partial charge in [-0.3, -0.25) is 0 Å². The maximum atomic E-state index is 12.6. The minimum Gasteiger partial charge on any atom is -0.492 e. The molecule has 1 aromatic carbocycles. The molecule has 0 bridgehead atoms. The number of aromatic hydroxyl groups is 1. The summed E-state index contributed by atoms with van der Waals surface area (Å²) in [6.45, 7) is 1.79. The van der Waals surface area contributed by atoms with Crippen molar-refractivity contribution in [2.24, 2.45) is 0 Å². The Morgan fingerprint density at radius 3 is 2.43 bits per heavy atom. The number of aryl methyl sites for hydroxylation is 1. The predicted molar refractivity (Wildman–Crippen MR) is 53.9 cm³/mol. The van der Waals surface area contributed by atoms with E-state index in [0.717, 1.165) is 10.4 Å². The minimum absolute atomic E-state index is 0.0503. The molecule has 2 nitrogen and oxygen atoms in total. The van der Waals surface area contributed by atoms with Gasteiger partial charge in [-0.25, -0.2) is 9.37 Å². The van der Waals surface area contributed by atoms with E-state index >= 15 is 0 Å². The smallest absolute Gasteiger partial charge is 0.225 e. The summed E-state index contributed by atoms with van der Waals surface area (Å²) in [6.07, 6.45) is 0. The number of aromatic nitrogens is 1. The van der Waals surface area contributed by atoms with Crippen molar-refractivity contribution in [3.05, 3.63) is 35.0 Å². The maximum Gasteiger partial charge on any atom is 0.225 e. The van der Waals surface area contributed by atoms with Crippen LogP contribution < -0.4 is 0 Å². The van der Waals surface area contributed by atoms with Gasteiger partial charge in [-0.05, 0) is 31.2 Å². The molecular formula is C10H8FNOS. The van der Waals surface area contributed by atoms with Crippen LogP contribution in [0.5, 0.6) is 5.88 Å². The fraction of sp³-hybridized carbons (Fsp3) is 0.100. The zero-order valence-electron chi connectivity index (χ0n) is 7.49. The van der Waals surface area contributed by atoms with Crippen LogP contribution in [0.2, 0.25) is 0 Å². The third-order valence-electron chi connectivity index (χ3n) is 1.86. The third-order valence-corrected chi connectivity index (χ3v) is 2.87. The highest BCUT2D eigenvalue weighted by Crippen LogP contribution is 2.30. The van der Waals surface area contributed by atoms with Crippen LogP contribution >= 0.6 is 11.3 Å². The molecule has 0 aliphatic rings. The van der Waals surface area contributed by atoms with Gasteiger partial charge in [0.15, 0.2) is 0 Å². The van der Waals surface area contributed by atoms with E-state index in [-0.39, 0.29) is 11.7 Å². The van der Waals surface area contributed by atoms with Crippen molar-refractivity contribution in [2.45, 2.75) is 6.92 Å². The van der Waals surface area contributed by atoms with E-state index < -0.39 is 0 Å². The summed E-state index contributed by atoms with van der Waals surface area (Å²) in [5.74, 6) is -0.222. The molecule has 0 atom stereocenters. The standard InChI is InChI=1S/C10H8FNOS/c1-6-9(13)12-10(14-6)7-2-4-8(11)5-3-7/h2-5,13H,1H3. The van der Waals surface area contributed by atoms with Crippen molar-refractivity contribution in [2.75, 3.05) is 0 Å². The molecule has 0 saturated heterocycles. The largest absolute Gasteiger partial charge is 0.492 e. The van der Waals surface area contributed by atoms with Crippen LogP contribution in [0.1, 0.15) is 4.88 Å². The van der Waals surface area contributed by atoms with E-state index in [9.17, 15) is 9.50 Å². The molecular weight excluding hydrogens is 201 g/mol. The SMILES string of the molecule is Cc1sc(-c2ccc(F)cc2)nc1O. The Hall–Kier alpha value is -1.42. The number of thiazole rings is 1. The Bertz CT molecular complexity index is 430. The highest BCUT2D eigenvalue weighted by atomic mass is 32.1. The topological polar surface area (TPSA) is 33.1 Å². The highest BCUT2D eigenvalue weighted by molar-refractivity contribution is 7.15. The molecule has 72 valence electrons. The Morgan fingerprint density at radius 2 is 1.93 bits per heavy atom. The molecule has 1 aromatic heterocycles. The van der Waals surface area contributed by atoms with Crippen LogP contribution in [0.4, 0.5) is 4.39 Å². The molecule has 2 rings (SSSR count). The van der Waals surface area contributed by atoms with Gasteiger partial charge in [0.25, 0.3) is 0 Å². The van der Waals surface area contributed by atoms with E-state index in [1.54, 1.807) is 19.1 Å². The summed E-state index contributed by atoms with van der Waals surface area (Å²) in [7, 11) is 0. The summed E-state index contributed by atoms with van der Waals surface area (Å²) in [5.41, 5.74) is 0.819. The normalized spacial score (nSPS) is 10.4. The number of halogens is 1. The predicted octanol–water partition coefficient (Wildman–Crippen LogP) is 2.96. The summed E-state index contributed by atoms with van der Waals surface area (Å²) in [4.78, 5) is 4.73. The third kappa shape index (κ3) is 1.61. The average molecular weight is 209 g/mol. The Balaban J connectivity index is 2.44. The molecule has 0 saturated carbocycles. The molecule has 0 fully saturated rings. The fourth-order valence-corrected chi connectivity index (χ4v) is 1.92. The number of hydrogen-bond acceptors (Lipinski definition) is 3. The molecule has 14 heavy (non-hydrogen) atoms. The quantitative estimate of drug-likeness (QED) is 0.783. The number of hydrogen-bond donors (Lipinski definition) is 1. The first-order valence-electron chi connectivity index (χ1n) is 4.09. The summed E-state index contributed by atoms with van der Waals surface area (Å²) >= 11 is 1.39. The molecule has 0 radical (unpaired) electrons. The monoisotopic (exact) mass is 209 g/mol. The zero-order chi connectivity index (χ0) is 10.1. The molecule has 1 N–H and O–H groups in total. The van der Waals surface area contributed by atoms with Crippen LogP contribution in [0.3, 0.4) is 0 Å². The van der Waals surface area contributed by atoms with Crippen molar-refractivity contribution >= 4 is 11.3 Å². The van der Waals surface area contributed by atoms with Crippen LogP contribution in [-0.4, -0.2) is 10.1 Å². The lowest BCUT2D eigenvalue weighted by Crippen LogP contribution is -1.76. The van der Waals surface area contributed by atoms with E-state index in [2.05, 4.69) is 4.98 Å². The van der Waals surface area contributed by atoms with E-state index in [4.69, 9.17) is 0 Å². The highest BCUT2D eigenvalue weighted by Gasteiger charge is 2.07. The first kappa shape index (κ1) is 9.15. The van der Waals surface area contributed by atoms with Crippen LogP contribution in [0.25, 0.3) is 10.6 Å². The average Bonchev–Trinajstić information content (AvgIpc) is 2.48. The number of nitrogens with zero attached hydrogens (tertiary/aromatic N) is 1. The van der Waals surface area contributed by atoms with Gasteiger partial charge in [0.2, 0.25) is 5.88 Å². The van der Waals surface area contributed by atoms with Gasteiger partial charge in [0.1, 0.15) is 10.8 Å². The Kier molecular flexibility index (Phi) is 2.21. The fourth-order valence-electron chi connectivity index (χ4n) is 1.10. The number of rotatable bonds is 1. The van der Waals surface area contributed by atoms with Gasteiger partial charge >= 0.3 is 0 Å². The lowest BCUT2D eigenvalue weighted by Gasteiger charge is -1.93. The second kappa shape index (κ2) is 3.38. The molecule has 0 aliphatic carbocycles. The lowest BCUT2D eigenvalue weighted by molar-refractivity contribution is 0.454. The van der Waals surface area contributed by atoms with Gasteiger partial charge < -0.3 is 5.11 Å². The first-order valence-corrected chi connectivity index (χ1v) is 4.91. The Morgan fingerprint density at radius 1 is 1.29 bits per heavy atom. The van der Waals surface area contributed by atoms with Crippen molar-refractivity contribution < 1.29 is 9.50 Å². The summed E-state index contributed by atoms with van der Waals surface area (Å²) in [5, 5.41) is 9.99. The zero-order valence-corrected chi connectivity index (χ0v) is 8.31. The minimum atomic E-state index is -0.272. The van der Waals surface area contributed by atoms with Crippen molar-refractivity contribution in [1.82, 2.24) is 4.98 Å². The molecule has 0 aliphatic heterocycles. The van der Waals surface area contributed by atoms with Gasteiger partial charge in [-0.1, -0.05) is 0 Å². The summed E-state index contributed by atoms with van der Waals surface area (Å²) in [6, 6.07) is 6.05. The van der Waals surface area contributed by atoms with Crippen LogP contribution in [0, 0.1) is 12.7 Å². The van der Waals surface area contributed by atoms with Gasteiger partial charge in [0, 0.05) is 5.56 Å². The molecule has 0 amide bonds. The second-order valence-corrected chi connectivity index (χ2v) is 4.11. The van der Waals surface area contributed by atoms with Crippen LogP contribution in [-0.2, 0) is 0 Å². The van der Waals surface area contributed by atoms with Gasteiger partial charge in [0.05, 0.1) is 4.88 Å². The van der Waals surface area contributed by atoms with E-state index in [1.165, 1.54) is 23.5 Å². The molecule has 2 aromatic rings. The molecule has 1 heterocycles. The van der Waals surface area contributed by atoms with Gasteiger partial charge in [-0.2, -0.15) is 0 Å². The Labute approximate surface area is 84.7 Å². The molecule has 4 heteroatoms. The van der Waals surface area contributed by atoms with Crippen molar-refractivity contribution in [3.8, 4) is 16.5 Å². The van der Waals surface area contributed by atoms with Crippen molar-refractivity contribution in [1.29, 1.82) is 0 Å². The number of benzene rings is 1. The molecule has 0 spiro atoms. The molecule has 0 unspecified atom stereocenters. The first-order chi connectivity index (χ1) is 6.66. The lowest BCUT2D eigenvalue weighted by atomic mass is 10.2.